The van der Waals surface area contributed by atoms with Gasteiger partial charge in [0.25, 0.3) is 5.91 Å². The molecule has 2 aromatic rings. The third-order valence-electron chi connectivity index (χ3n) is 5.42. The molecule has 33 heavy (non-hydrogen) atoms. The zero-order valence-electron chi connectivity index (χ0n) is 18.2. The summed E-state index contributed by atoms with van der Waals surface area (Å²) in [5, 5.41) is 12.0. The highest BCUT2D eigenvalue weighted by molar-refractivity contribution is 7.98. The highest BCUT2D eigenvalue weighted by Crippen LogP contribution is 2.29. The highest BCUT2D eigenvalue weighted by atomic mass is 32.2. The van der Waals surface area contributed by atoms with Gasteiger partial charge in [-0.25, -0.2) is 0 Å². The lowest BCUT2D eigenvalue weighted by atomic mass is 10.00. The van der Waals surface area contributed by atoms with Crippen molar-refractivity contribution in [1.82, 2.24) is 21.3 Å². The summed E-state index contributed by atoms with van der Waals surface area (Å²) in [5.41, 5.74) is 0.0821. The minimum atomic E-state index is -4.54. The molecule has 178 valence electrons. The van der Waals surface area contributed by atoms with Crippen LogP contribution in [0.2, 0.25) is 0 Å². The predicted octanol–water partition coefficient (Wildman–Crippen LogP) is 2.79. The topological polar surface area (TPSA) is 82.3 Å². The fourth-order valence-corrected chi connectivity index (χ4v) is 4.01. The van der Waals surface area contributed by atoms with Gasteiger partial charge in [0.2, 0.25) is 5.91 Å². The lowest BCUT2D eigenvalue weighted by Gasteiger charge is -2.33. The van der Waals surface area contributed by atoms with Crippen molar-refractivity contribution in [3.05, 3.63) is 65.2 Å². The molecular weight excluding hydrogens is 453 g/mol. The van der Waals surface area contributed by atoms with Gasteiger partial charge in [0.05, 0.1) is 18.2 Å². The Morgan fingerprint density at radius 2 is 1.88 bits per heavy atom. The molecule has 6 nitrogen and oxygen atoms in total. The normalized spacial score (nSPS) is 18.5. The van der Waals surface area contributed by atoms with Crippen LogP contribution >= 0.6 is 11.8 Å². The Morgan fingerprint density at radius 3 is 2.58 bits per heavy atom. The average Bonchev–Trinajstić information content (AvgIpc) is 2.82. The number of carbonyl (C=O) groups is 2. The Kier molecular flexibility index (Phi) is 8.76. The van der Waals surface area contributed by atoms with E-state index in [0.717, 1.165) is 36.7 Å². The van der Waals surface area contributed by atoms with Crippen LogP contribution in [0.1, 0.15) is 27.9 Å². The molecule has 2 atom stereocenters. The van der Waals surface area contributed by atoms with Gasteiger partial charge in [-0.1, -0.05) is 18.2 Å². The molecule has 2 aromatic carbocycles. The van der Waals surface area contributed by atoms with Crippen molar-refractivity contribution in [3.8, 4) is 0 Å². The first kappa shape index (κ1) is 25.1. The first-order valence-corrected chi connectivity index (χ1v) is 11.8. The zero-order valence-corrected chi connectivity index (χ0v) is 19.0. The fraction of sp³-hybridized carbons (Fsp3) is 0.391. The van der Waals surface area contributed by atoms with E-state index in [4.69, 9.17) is 0 Å². The van der Waals surface area contributed by atoms with E-state index in [1.165, 1.54) is 11.0 Å². The fourth-order valence-electron chi connectivity index (χ4n) is 3.60. The summed E-state index contributed by atoms with van der Waals surface area (Å²) < 4.78 is 38.5. The monoisotopic (exact) mass is 480 g/mol. The van der Waals surface area contributed by atoms with Crippen LogP contribution in [0.5, 0.6) is 0 Å². The Labute approximate surface area is 195 Å². The SMILES string of the molecule is CSc1ccc(CN[C@H]2CCNC[C@H]2NC(=O)CNC(=O)c2cccc(C(F)(F)F)c2)cc1. The van der Waals surface area contributed by atoms with Crippen molar-refractivity contribution in [2.24, 2.45) is 0 Å². The van der Waals surface area contributed by atoms with E-state index in [1.807, 2.05) is 6.26 Å². The number of thioether (sulfide) groups is 1. The summed E-state index contributed by atoms with van der Waals surface area (Å²) in [7, 11) is 0. The number of nitrogens with one attached hydrogen (secondary N) is 4. The van der Waals surface area contributed by atoms with Crippen molar-refractivity contribution in [3.63, 3.8) is 0 Å². The molecule has 1 heterocycles. The highest BCUT2D eigenvalue weighted by Gasteiger charge is 2.31. The number of alkyl halides is 3. The minimum Gasteiger partial charge on any atom is -0.349 e. The Hall–Kier alpha value is -2.56. The summed E-state index contributed by atoms with van der Waals surface area (Å²) in [6.45, 7) is 1.74. The Balaban J connectivity index is 1.50. The molecule has 1 aliphatic rings. The van der Waals surface area contributed by atoms with Crippen LogP contribution in [0, 0.1) is 0 Å². The molecule has 3 rings (SSSR count). The maximum Gasteiger partial charge on any atom is 0.416 e. The van der Waals surface area contributed by atoms with Gasteiger partial charge < -0.3 is 21.3 Å². The molecule has 1 aliphatic heterocycles. The molecule has 0 saturated carbocycles. The van der Waals surface area contributed by atoms with E-state index < -0.39 is 23.6 Å². The van der Waals surface area contributed by atoms with Crippen LogP contribution in [-0.4, -0.2) is 49.8 Å². The van der Waals surface area contributed by atoms with Crippen molar-refractivity contribution < 1.29 is 22.8 Å². The van der Waals surface area contributed by atoms with Gasteiger partial charge in [-0.3, -0.25) is 9.59 Å². The van der Waals surface area contributed by atoms with E-state index >= 15 is 0 Å². The molecule has 0 spiro atoms. The van der Waals surface area contributed by atoms with Crippen LogP contribution in [-0.2, 0) is 17.5 Å². The van der Waals surface area contributed by atoms with Gasteiger partial charge in [-0.05, 0) is 55.1 Å². The first-order chi connectivity index (χ1) is 15.8. The number of benzene rings is 2. The number of carbonyl (C=O) groups excluding carboxylic acids is 2. The quantitative estimate of drug-likeness (QED) is 0.437. The molecule has 2 amide bonds. The van der Waals surface area contributed by atoms with Gasteiger partial charge >= 0.3 is 6.18 Å². The third-order valence-corrected chi connectivity index (χ3v) is 6.16. The molecule has 0 radical (unpaired) electrons. The summed E-state index contributed by atoms with van der Waals surface area (Å²) in [5.74, 6) is -1.14. The zero-order chi connectivity index (χ0) is 23.8. The number of piperidine rings is 1. The molecule has 4 N–H and O–H groups in total. The van der Waals surface area contributed by atoms with Crippen molar-refractivity contribution in [1.29, 1.82) is 0 Å². The summed E-state index contributed by atoms with van der Waals surface area (Å²) in [6, 6.07) is 12.2. The van der Waals surface area contributed by atoms with Gasteiger partial charge in [-0.15, -0.1) is 11.8 Å². The summed E-state index contributed by atoms with van der Waals surface area (Å²) in [4.78, 5) is 25.8. The number of amides is 2. The number of hydrogen-bond acceptors (Lipinski definition) is 5. The largest absolute Gasteiger partial charge is 0.416 e. The standard InChI is InChI=1S/C23H27F3N4O2S/c1-33-18-7-5-15(6-8-18)12-28-19-9-10-27-13-20(19)30-21(31)14-29-22(32)16-3-2-4-17(11-16)23(24,25)26/h2-8,11,19-20,27-28H,9-10,12-14H2,1H3,(H,29,32)(H,30,31)/t19-,20+/m0/s1. The van der Waals surface area contributed by atoms with Crippen LogP contribution in [0.4, 0.5) is 13.2 Å². The van der Waals surface area contributed by atoms with Crippen LogP contribution < -0.4 is 21.3 Å². The van der Waals surface area contributed by atoms with E-state index in [9.17, 15) is 22.8 Å². The van der Waals surface area contributed by atoms with Crippen LogP contribution in [0.3, 0.4) is 0 Å². The molecule has 0 aromatic heterocycles. The molecule has 0 aliphatic carbocycles. The predicted molar refractivity (Wildman–Crippen MR) is 122 cm³/mol. The Bertz CT molecular complexity index is 953. The first-order valence-electron chi connectivity index (χ1n) is 10.6. The number of rotatable bonds is 8. The van der Waals surface area contributed by atoms with Crippen molar-refractivity contribution in [2.45, 2.75) is 36.1 Å². The van der Waals surface area contributed by atoms with Gasteiger partial charge in [0.1, 0.15) is 0 Å². The van der Waals surface area contributed by atoms with E-state index in [-0.39, 0.29) is 24.2 Å². The maximum atomic E-state index is 12.8. The molecule has 0 bridgehead atoms. The molecule has 1 fully saturated rings. The minimum absolute atomic E-state index is 0.0506. The second-order valence-electron chi connectivity index (χ2n) is 7.76. The van der Waals surface area contributed by atoms with E-state index in [1.54, 1.807) is 11.8 Å². The molecule has 1 saturated heterocycles. The lowest BCUT2D eigenvalue weighted by Crippen LogP contribution is -2.59. The second-order valence-corrected chi connectivity index (χ2v) is 8.64. The van der Waals surface area contributed by atoms with Crippen LogP contribution in [0.25, 0.3) is 0 Å². The van der Waals surface area contributed by atoms with E-state index in [2.05, 4.69) is 45.5 Å². The summed E-state index contributed by atoms with van der Waals surface area (Å²) >= 11 is 1.68. The number of halogens is 3. The second kappa shape index (κ2) is 11.5. The third kappa shape index (κ3) is 7.48. The van der Waals surface area contributed by atoms with Crippen LogP contribution in [0.15, 0.2) is 53.4 Å². The van der Waals surface area contributed by atoms with E-state index in [0.29, 0.717) is 13.1 Å². The smallest absolute Gasteiger partial charge is 0.349 e. The van der Waals surface area contributed by atoms with Crippen molar-refractivity contribution >= 4 is 23.6 Å². The van der Waals surface area contributed by atoms with Gasteiger partial charge in [0.15, 0.2) is 0 Å². The van der Waals surface area contributed by atoms with Gasteiger partial charge in [0, 0.05) is 29.6 Å². The number of hydrogen-bond donors (Lipinski definition) is 4. The molecule has 10 heteroatoms. The molecular formula is C23H27F3N4O2S. The van der Waals surface area contributed by atoms with Crippen molar-refractivity contribution in [2.75, 3.05) is 25.9 Å². The van der Waals surface area contributed by atoms with Gasteiger partial charge in [-0.2, -0.15) is 13.2 Å². The summed E-state index contributed by atoms with van der Waals surface area (Å²) in [6.07, 6.45) is -1.69. The average molecular weight is 481 g/mol. The lowest BCUT2D eigenvalue weighted by molar-refractivity contribution is -0.137. The molecule has 0 unspecified atom stereocenters. The maximum absolute atomic E-state index is 12.8. The Morgan fingerprint density at radius 1 is 1.12 bits per heavy atom.